The van der Waals surface area contributed by atoms with Crippen LogP contribution in [0.2, 0.25) is 0 Å². The molecule has 4 atom stereocenters. The van der Waals surface area contributed by atoms with E-state index in [9.17, 15) is 18.0 Å². The third-order valence-corrected chi connectivity index (χ3v) is 6.75. The van der Waals surface area contributed by atoms with Gasteiger partial charge in [0.25, 0.3) is 0 Å². The van der Waals surface area contributed by atoms with Crippen LogP contribution in [0.4, 0.5) is 13.2 Å². The zero-order chi connectivity index (χ0) is 22.1. The Kier molecular flexibility index (Phi) is 7.13. The Hall–Kier alpha value is -1.60. The highest BCUT2D eigenvalue weighted by Crippen LogP contribution is 2.41. The van der Waals surface area contributed by atoms with E-state index < -0.39 is 11.7 Å². The molecule has 30 heavy (non-hydrogen) atoms. The summed E-state index contributed by atoms with van der Waals surface area (Å²) in [7, 11) is 3.75. The standard InChI is InChI=1S/C23H34F3N3O/c1-15(2)10-20(27-3)22(30)28(4)21-9-8-17-13-29(14-19(17)21)12-16-6-5-7-18(11-16)23(24,25)26/h5-7,11,15,17,19-21,27H,8-10,12-14H2,1-4H3/t17-,19+,20-,21-/m0/s1. The number of likely N-dealkylation sites (N-methyl/N-ethyl adjacent to an activating group) is 2. The van der Waals surface area contributed by atoms with Crippen LogP contribution in [0.25, 0.3) is 0 Å². The first-order valence-electron chi connectivity index (χ1n) is 10.9. The number of hydrogen-bond acceptors (Lipinski definition) is 3. The van der Waals surface area contributed by atoms with Crippen molar-refractivity contribution in [2.75, 3.05) is 27.2 Å². The molecule has 7 heteroatoms. The molecule has 1 heterocycles. The van der Waals surface area contributed by atoms with Gasteiger partial charge in [0.15, 0.2) is 0 Å². The highest BCUT2D eigenvalue weighted by Gasteiger charge is 2.45. The van der Waals surface area contributed by atoms with Crippen molar-refractivity contribution < 1.29 is 18.0 Å². The number of hydrogen-bond donors (Lipinski definition) is 1. The van der Waals surface area contributed by atoms with Crippen LogP contribution in [-0.2, 0) is 17.5 Å². The first kappa shape index (κ1) is 23.1. The summed E-state index contributed by atoms with van der Waals surface area (Å²) in [6.07, 6.45) is -1.43. The van der Waals surface area contributed by atoms with Crippen molar-refractivity contribution in [3.63, 3.8) is 0 Å². The van der Waals surface area contributed by atoms with Crippen LogP contribution >= 0.6 is 0 Å². The lowest BCUT2D eigenvalue weighted by atomic mass is 9.96. The van der Waals surface area contributed by atoms with Crippen LogP contribution in [0.5, 0.6) is 0 Å². The lowest BCUT2D eigenvalue weighted by molar-refractivity contribution is -0.137. The summed E-state index contributed by atoms with van der Waals surface area (Å²) in [6, 6.07) is 5.66. The van der Waals surface area contributed by atoms with Crippen LogP contribution < -0.4 is 5.32 Å². The Labute approximate surface area is 177 Å². The van der Waals surface area contributed by atoms with Crippen LogP contribution in [0.15, 0.2) is 24.3 Å². The Bertz CT molecular complexity index is 737. The van der Waals surface area contributed by atoms with Crippen LogP contribution in [-0.4, -0.2) is 55.0 Å². The molecule has 0 unspecified atom stereocenters. The molecule has 1 amide bonds. The van der Waals surface area contributed by atoms with Gasteiger partial charge in [-0.15, -0.1) is 0 Å². The third kappa shape index (κ3) is 5.17. The first-order valence-corrected chi connectivity index (χ1v) is 10.9. The van der Waals surface area contributed by atoms with Gasteiger partial charge >= 0.3 is 6.18 Å². The maximum absolute atomic E-state index is 13.0. The molecule has 2 fully saturated rings. The van der Waals surface area contributed by atoms with Gasteiger partial charge in [0.2, 0.25) is 5.91 Å². The second-order valence-electron chi connectivity index (χ2n) is 9.38. The molecule has 0 bridgehead atoms. The highest BCUT2D eigenvalue weighted by molar-refractivity contribution is 5.82. The average molecular weight is 426 g/mol. The number of fused-ring (bicyclic) bond motifs is 1. The number of carbonyl (C=O) groups is 1. The first-order chi connectivity index (χ1) is 14.1. The third-order valence-electron chi connectivity index (χ3n) is 6.75. The number of benzene rings is 1. The van der Waals surface area contributed by atoms with Crippen molar-refractivity contribution in [1.29, 1.82) is 0 Å². The molecule has 2 aliphatic rings. The molecule has 0 radical (unpaired) electrons. The molecule has 3 rings (SSSR count). The summed E-state index contributed by atoms with van der Waals surface area (Å²) in [6.45, 7) is 6.48. The molecule has 1 aliphatic heterocycles. The monoisotopic (exact) mass is 425 g/mol. The Morgan fingerprint density at radius 2 is 2.00 bits per heavy atom. The summed E-state index contributed by atoms with van der Waals surface area (Å²) in [5.74, 6) is 1.48. The number of nitrogens with zero attached hydrogens (tertiary/aromatic N) is 2. The quantitative estimate of drug-likeness (QED) is 0.717. The normalized spacial score (nSPS) is 25.5. The zero-order valence-corrected chi connectivity index (χ0v) is 18.4. The number of amides is 1. The molecule has 1 aliphatic carbocycles. The molecule has 0 aromatic heterocycles. The minimum atomic E-state index is -4.31. The topological polar surface area (TPSA) is 35.6 Å². The Balaban J connectivity index is 1.63. The summed E-state index contributed by atoms with van der Waals surface area (Å²) in [5, 5.41) is 3.16. The second-order valence-corrected chi connectivity index (χ2v) is 9.38. The van der Waals surface area contributed by atoms with Gasteiger partial charge in [-0.2, -0.15) is 13.2 Å². The van der Waals surface area contributed by atoms with E-state index in [2.05, 4.69) is 24.1 Å². The molecule has 4 nitrogen and oxygen atoms in total. The molecule has 1 saturated carbocycles. The molecule has 1 aromatic rings. The maximum Gasteiger partial charge on any atom is 0.416 e. The minimum Gasteiger partial charge on any atom is -0.341 e. The zero-order valence-electron chi connectivity index (χ0n) is 18.4. The van der Waals surface area contributed by atoms with Crippen LogP contribution in [0, 0.1) is 17.8 Å². The van der Waals surface area contributed by atoms with Crippen molar-refractivity contribution in [1.82, 2.24) is 15.1 Å². The molecule has 1 saturated heterocycles. The molecule has 168 valence electrons. The molecular weight excluding hydrogens is 391 g/mol. The summed E-state index contributed by atoms with van der Waals surface area (Å²) >= 11 is 0. The van der Waals surface area contributed by atoms with Crippen molar-refractivity contribution >= 4 is 5.91 Å². The number of likely N-dealkylation sites (tertiary alicyclic amines) is 1. The predicted molar refractivity (Wildman–Crippen MR) is 112 cm³/mol. The van der Waals surface area contributed by atoms with Gasteiger partial charge in [0.05, 0.1) is 11.6 Å². The van der Waals surface area contributed by atoms with E-state index in [1.165, 1.54) is 12.1 Å². The number of alkyl halides is 3. The van der Waals surface area contributed by atoms with E-state index in [-0.39, 0.29) is 18.0 Å². The number of carbonyl (C=O) groups excluding carboxylic acids is 1. The number of rotatable bonds is 7. The summed E-state index contributed by atoms with van der Waals surface area (Å²) < 4.78 is 39.0. The van der Waals surface area contributed by atoms with E-state index in [1.54, 1.807) is 6.07 Å². The Morgan fingerprint density at radius 3 is 2.63 bits per heavy atom. The fourth-order valence-electron chi connectivity index (χ4n) is 5.27. The smallest absolute Gasteiger partial charge is 0.341 e. The van der Waals surface area contributed by atoms with Gasteiger partial charge in [0, 0.05) is 32.7 Å². The van der Waals surface area contributed by atoms with E-state index in [0.717, 1.165) is 38.4 Å². The molecule has 0 spiro atoms. The minimum absolute atomic E-state index is 0.146. The fraction of sp³-hybridized carbons (Fsp3) is 0.696. The predicted octanol–water partition coefficient (Wildman–Crippen LogP) is 4.01. The fourth-order valence-corrected chi connectivity index (χ4v) is 5.27. The van der Waals surface area contributed by atoms with Gasteiger partial charge in [-0.25, -0.2) is 0 Å². The van der Waals surface area contributed by atoms with Gasteiger partial charge in [-0.1, -0.05) is 32.0 Å². The van der Waals surface area contributed by atoms with Gasteiger partial charge < -0.3 is 10.2 Å². The van der Waals surface area contributed by atoms with Crippen LogP contribution in [0.1, 0.15) is 44.2 Å². The van der Waals surface area contributed by atoms with Gasteiger partial charge in [-0.05, 0) is 55.7 Å². The molecule has 1 N–H and O–H groups in total. The highest BCUT2D eigenvalue weighted by atomic mass is 19.4. The Morgan fingerprint density at radius 1 is 1.27 bits per heavy atom. The molecular formula is C23H34F3N3O. The van der Waals surface area contributed by atoms with Crippen molar-refractivity contribution in [3.8, 4) is 0 Å². The van der Waals surface area contributed by atoms with Crippen LogP contribution in [0.3, 0.4) is 0 Å². The summed E-state index contributed by atoms with van der Waals surface area (Å²) in [5.41, 5.74) is 0.101. The van der Waals surface area contributed by atoms with Crippen molar-refractivity contribution in [3.05, 3.63) is 35.4 Å². The lowest BCUT2D eigenvalue weighted by Gasteiger charge is -2.33. The van der Waals surface area contributed by atoms with E-state index >= 15 is 0 Å². The largest absolute Gasteiger partial charge is 0.416 e. The summed E-state index contributed by atoms with van der Waals surface area (Å²) in [4.78, 5) is 17.2. The maximum atomic E-state index is 13.0. The van der Waals surface area contributed by atoms with Gasteiger partial charge in [0.1, 0.15) is 0 Å². The molecule has 1 aromatic carbocycles. The number of nitrogens with one attached hydrogen (secondary N) is 1. The van der Waals surface area contributed by atoms with Crippen molar-refractivity contribution in [2.24, 2.45) is 17.8 Å². The number of halogens is 3. The van der Waals surface area contributed by atoms with Crippen molar-refractivity contribution in [2.45, 2.75) is 57.9 Å². The van der Waals surface area contributed by atoms with E-state index in [4.69, 9.17) is 0 Å². The SMILES string of the molecule is CN[C@@H](CC(C)C)C(=O)N(C)[C@H]1CC[C@H]2CN(Cc3cccc(C(F)(F)F)c3)C[C@H]21. The van der Waals surface area contributed by atoms with Gasteiger partial charge in [-0.3, -0.25) is 9.69 Å². The van der Waals surface area contributed by atoms with E-state index in [0.29, 0.717) is 29.9 Å². The average Bonchev–Trinajstić information content (AvgIpc) is 3.24. The second kappa shape index (κ2) is 9.27. The lowest BCUT2D eigenvalue weighted by Crippen LogP contribution is -2.50. The van der Waals surface area contributed by atoms with E-state index in [1.807, 2.05) is 19.0 Å².